The van der Waals surface area contributed by atoms with E-state index in [0.717, 1.165) is 17.1 Å². The van der Waals surface area contributed by atoms with E-state index in [0.29, 0.717) is 42.9 Å². The summed E-state index contributed by atoms with van der Waals surface area (Å²) in [5.74, 6) is 0.542. The summed E-state index contributed by atoms with van der Waals surface area (Å²) in [7, 11) is 0. The van der Waals surface area contributed by atoms with Gasteiger partial charge in [-0.3, -0.25) is 9.59 Å². The summed E-state index contributed by atoms with van der Waals surface area (Å²) < 4.78 is 0. The van der Waals surface area contributed by atoms with Gasteiger partial charge in [0.05, 0.1) is 11.3 Å². The van der Waals surface area contributed by atoms with Crippen molar-refractivity contribution in [1.29, 1.82) is 0 Å². The third-order valence-corrected chi connectivity index (χ3v) is 7.10. The molecule has 0 radical (unpaired) electrons. The van der Waals surface area contributed by atoms with Crippen LogP contribution < -0.4 is 4.90 Å². The van der Waals surface area contributed by atoms with Gasteiger partial charge in [0.15, 0.2) is 11.6 Å². The molecule has 5 rings (SSSR count). The van der Waals surface area contributed by atoms with Gasteiger partial charge in [0.1, 0.15) is 0 Å². The molecule has 37 heavy (non-hydrogen) atoms. The lowest BCUT2D eigenvalue weighted by Crippen LogP contribution is -2.49. The summed E-state index contributed by atoms with van der Waals surface area (Å²) in [4.78, 5) is 30.5. The second-order valence-electron chi connectivity index (χ2n) is 9.55. The van der Waals surface area contributed by atoms with E-state index in [1.54, 1.807) is 36.4 Å². The van der Waals surface area contributed by atoms with E-state index in [1.165, 1.54) is 16.7 Å². The first-order valence-corrected chi connectivity index (χ1v) is 12.6. The predicted molar refractivity (Wildman–Crippen MR) is 146 cm³/mol. The summed E-state index contributed by atoms with van der Waals surface area (Å²) in [6.07, 6.45) is 0. The fraction of sp³-hybridized carbons (Fsp3) is 0.226. The number of ketones is 1. The number of amides is 1. The number of carbonyl (C=O) groups excluding carboxylic acids is 2. The maximum atomic E-state index is 13.4. The van der Waals surface area contributed by atoms with Gasteiger partial charge < -0.3 is 9.80 Å². The molecule has 0 N–H and O–H groups in total. The Hall–Kier alpha value is -4.32. The van der Waals surface area contributed by atoms with Crippen molar-refractivity contribution in [3.8, 4) is 11.3 Å². The van der Waals surface area contributed by atoms with Gasteiger partial charge in [-0.05, 0) is 61.7 Å². The molecule has 1 aliphatic heterocycles. The zero-order chi connectivity index (χ0) is 25.9. The maximum absolute atomic E-state index is 13.4. The molecular formula is C31H30N4O2. The summed E-state index contributed by atoms with van der Waals surface area (Å²) in [5.41, 5.74) is 7.10. The molecule has 0 saturated carbocycles. The second kappa shape index (κ2) is 10.3. The Morgan fingerprint density at radius 3 is 2.00 bits per heavy atom. The van der Waals surface area contributed by atoms with Crippen molar-refractivity contribution < 1.29 is 9.59 Å². The van der Waals surface area contributed by atoms with Crippen LogP contribution in [0.5, 0.6) is 0 Å². The standard InChI is InChI=1S/C31H30N4O2/c1-21-19-23(3)27(20-22(21)2)28-13-14-29(33-32-28)34-15-17-35(18-16-34)31(37)26-12-8-7-11-25(26)30(36)24-9-5-4-6-10-24/h4-14,19-20H,15-18H2,1-3H3. The van der Waals surface area contributed by atoms with Crippen LogP contribution in [-0.4, -0.2) is 53.0 Å². The number of piperazine rings is 1. The zero-order valence-electron chi connectivity index (χ0n) is 21.4. The van der Waals surface area contributed by atoms with Crippen molar-refractivity contribution in [1.82, 2.24) is 15.1 Å². The number of nitrogens with zero attached hydrogens (tertiary/aromatic N) is 4. The summed E-state index contributed by atoms with van der Waals surface area (Å²) in [6.45, 7) is 8.72. The molecule has 0 bridgehead atoms. The Bertz CT molecular complexity index is 1440. The molecule has 0 unspecified atom stereocenters. The molecule has 1 amide bonds. The Morgan fingerprint density at radius 2 is 1.32 bits per heavy atom. The molecule has 1 saturated heterocycles. The highest BCUT2D eigenvalue weighted by molar-refractivity contribution is 6.15. The van der Waals surface area contributed by atoms with Crippen LogP contribution in [0.1, 0.15) is 43.0 Å². The van der Waals surface area contributed by atoms with E-state index in [1.807, 2.05) is 35.2 Å². The van der Waals surface area contributed by atoms with Gasteiger partial charge in [0.2, 0.25) is 0 Å². The molecule has 2 heterocycles. The lowest BCUT2D eigenvalue weighted by atomic mass is 9.97. The monoisotopic (exact) mass is 490 g/mol. The molecule has 4 aromatic rings. The largest absolute Gasteiger partial charge is 0.352 e. The minimum Gasteiger partial charge on any atom is -0.352 e. The number of aromatic nitrogens is 2. The van der Waals surface area contributed by atoms with E-state index in [-0.39, 0.29) is 11.7 Å². The lowest BCUT2D eigenvalue weighted by Gasteiger charge is -2.35. The highest BCUT2D eigenvalue weighted by Crippen LogP contribution is 2.26. The quantitative estimate of drug-likeness (QED) is 0.357. The van der Waals surface area contributed by atoms with Crippen molar-refractivity contribution in [2.75, 3.05) is 31.1 Å². The second-order valence-corrected chi connectivity index (χ2v) is 9.55. The highest BCUT2D eigenvalue weighted by Gasteiger charge is 2.26. The van der Waals surface area contributed by atoms with Crippen LogP contribution in [0.3, 0.4) is 0 Å². The fourth-order valence-electron chi connectivity index (χ4n) is 4.80. The van der Waals surface area contributed by atoms with Gasteiger partial charge in [-0.25, -0.2) is 0 Å². The first kappa shape index (κ1) is 24.4. The Morgan fingerprint density at radius 1 is 0.676 bits per heavy atom. The van der Waals surface area contributed by atoms with Crippen LogP contribution >= 0.6 is 0 Å². The SMILES string of the molecule is Cc1cc(C)c(-c2ccc(N3CCN(C(=O)c4ccccc4C(=O)c4ccccc4)CC3)nn2)cc1C. The maximum Gasteiger partial charge on any atom is 0.254 e. The molecule has 0 atom stereocenters. The van der Waals surface area contributed by atoms with E-state index in [4.69, 9.17) is 0 Å². The van der Waals surface area contributed by atoms with E-state index in [9.17, 15) is 9.59 Å². The van der Waals surface area contributed by atoms with Gasteiger partial charge in [-0.1, -0.05) is 54.6 Å². The molecular weight excluding hydrogens is 460 g/mol. The number of aryl methyl sites for hydroxylation is 3. The van der Waals surface area contributed by atoms with E-state index in [2.05, 4.69) is 48.0 Å². The average Bonchev–Trinajstić information content (AvgIpc) is 2.95. The van der Waals surface area contributed by atoms with Gasteiger partial charge in [0.25, 0.3) is 5.91 Å². The third kappa shape index (κ3) is 5.00. The first-order chi connectivity index (χ1) is 17.9. The number of carbonyl (C=O) groups is 2. The van der Waals surface area contributed by atoms with Crippen LogP contribution in [-0.2, 0) is 0 Å². The number of rotatable bonds is 5. The van der Waals surface area contributed by atoms with E-state index < -0.39 is 0 Å². The minimum atomic E-state index is -0.141. The van der Waals surface area contributed by atoms with Crippen molar-refractivity contribution in [2.24, 2.45) is 0 Å². The number of hydrogen-bond acceptors (Lipinski definition) is 5. The Labute approximate surface area is 217 Å². The third-order valence-electron chi connectivity index (χ3n) is 7.10. The lowest BCUT2D eigenvalue weighted by molar-refractivity contribution is 0.0742. The molecule has 1 fully saturated rings. The molecule has 6 heteroatoms. The van der Waals surface area contributed by atoms with Crippen LogP contribution in [0.25, 0.3) is 11.3 Å². The van der Waals surface area contributed by atoms with E-state index >= 15 is 0 Å². The molecule has 0 spiro atoms. The molecule has 1 aromatic heterocycles. The normalized spacial score (nSPS) is 13.5. The average molecular weight is 491 g/mol. The first-order valence-electron chi connectivity index (χ1n) is 12.6. The van der Waals surface area contributed by atoms with Gasteiger partial charge >= 0.3 is 0 Å². The van der Waals surface area contributed by atoms with Crippen LogP contribution in [0.2, 0.25) is 0 Å². The highest BCUT2D eigenvalue weighted by atomic mass is 16.2. The topological polar surface area (TPSA) is 66.4 Å². The number of benzene rings is 3. The van der Waals surface area contributed by atoms with Crippen molar-refractivity contribution in [3.63, 3.8) is 0 Å². The van der Waals surface area contributed by atoms with Crippen molar-refractivity contribution in [3.05, 3.63) is 112 Å². The Kier molecular flexibility index (Phi) is 6.82. The molecule has 6 nitrogen and oxygen atoms in total. The molecule has 3 aromatic carbocycles. The summed E-state index contributed by atoms with van der Waals surface area (Å²) >= 11 is 0. The van der Waals surface area contributed by atoms with Gasteiger partial charge in [0, 0.05) is 42.9 Å². The van der Waals surface area contributed by atoms with Crippen LogP contribution in [0.4, 0.5) is 5.82 Å². The van der Waals surface area contributed by atoms with Crippen molar-refractivity contribution in [2.45, 2.75) is 20.8 Å². The Balaban J connectivity index is 1.27. The number of anilines is 1. The fourth-order valence-corrected chi connectivity index (χ4v) is 4.80. The number of hydrogen-bond donors (Lipinski definition) is 0. The van der Waals surface area contributed by atoms with Gasteiger partial charge in [-0.15, -0.1) is 10.2 Å². The van der Waals surface area contributed by atoms with Crippen LogP contribution in [0, 0.1) is 20.8 Å². The zero-order valence-corrected chi connectivity index (χ0v) is 21.4. The minimum absolute atomic E-state index is 0.119. The summed E-state index contributed by atoms with van der Waals surface area (Å²) in [5, 5.41) is 9.01. The summed E-state index contributed by atoms with van der Waals surface area (Å²) in [6, 6.07) is 24.5. The molecule has 186 valence electrons. The molecule has 1 aliphatic rings. The van der Waals surface area contributed by atoms with Gasteiger partial charge in [-0.2, -0.15) is 0 Å². The smallest absolute Gasteiger partial charge is 0.254 e. The molecule has 0 aliphatic carbocycles. The van der Waals surface area contributed by atoms with Crippen molar-refractivity contribution >= 4 is 17.5 Å². The predicted octanol–water partition coefficient (Wildman–Crippen LogP) is 5.26. The van der Waals surface area contributed by atoms with Crippen LogP contribution in [0.15, 0.2) is 78.9 Å².